The predicted octanol–water partition coefficient (Wildman–Crippen LogP) is 4.05. The Balaban J connectivity index is 1.22. The molecule has 4 fully saturated rings. The minimum Gasteiger partial charge on any atom is -0.491 e. The van der Waals surface area contributed by atoms with Crippen LogP contribution in [0.15, 0.2) is 24.3 Å². The molecule has 196 valence electrons. The number of benzene rings is 1. The van der Waals surface area contributed by atoms with E-state index in [4.69, 9.17) is 44.8 Å². The molecule has 0 aromatic heterocycles. The topological polar surface area (TPSA) is 84.8 Å². The Labute approximate surface area is 212 Å². The summed E-state index contributed by atoms with van der Waals surface area (Å²) in [6.07, 6.45) is 5.25. The molecule has 3 aliphatic heterocycles. The van der Waals surface area contributed by atoms with Crippen LogP contribution >= 0.6 is 11.6 Å². The van der Waals surface area contributed by atoms with Gasteiger partial charge in [0.1, 0.15) is 18.5 Å². The minimum atomic E-state index is -0.753. The predicted molar refractivity (Wildman–Crippen MR) is 127 cm³/mol. The van der Waals surface area contributed by atoms with Crippen molar-refractivity contribution in [2.75, 3.05) is 26.4 Å². The molecule has 1 aliphatic carbocycles. The highest BCUT2D eigenvalue weighted by atomic mass is 35.5. The quantitative estimate of drug-likeness (QED) is 0.502. The van der Waals surface area contributed by atoms with Gasteiger partial charge in [-0.25, -0.2) is 0 Å². The number of aliphatic hydroxyl groups excluding tert-OH is 1. The summed E-state index contributed by atoms with van der Waals surface area (Å²) in [5, 5.41) is 10.7. The fourth-order valence-electron chi connectivity index (χ4n) is 5.46. The van der Waals surface area contributed by atoms with Crippen LogP contribution in [0.5, 0.6) is 5.75 Å². The summed E-state index contributed by atoms with van der Waals surface area (Å²) in [6, 6.07) is 7.32. The van der Waals surface area contributed by atoms with Crippen molar-refractivity contribution in [3.05, 3.63) is 29.3 Å². The van der Waals surface area contributed by atoms with Crippen LogP contribution in [-0.2, 0) is 28.4 Å². The molecule has 8 atom stereocenters. The van der Waals surface area contributed by atoms with Crippen LogP contribution in [0.1, 0.15) is 51.4 Å². The van der Waals surface area contributed by atoms with E-state index < -0.39 is 6.29 Å². The van der Waals surface area contributed by atoms with E-state index >= 15 is 0 Å². The number of hydrogen-bond donors (Lipinski definition) is 1. The van der Waals surface area contributed by atoms with E-state index in [1.165, 1.54) is 0 Å². The van der Waals surface area contributed by atoms with Crippen molar-refractivity contribution in [3.63, 3.8) is 0 Å². The first-order chi connectivity index (χ1) is 17.1. The van der Waals surface area contributed by atoms with E-state index in [0.29, 0.717) is 43.4 Å². The molecule has 4 unspecified atom stereocenters. The van der Waals surface area contributed by atoms with Crippen LogP contribution in [0, 0.1) is 5.92 Å². The van der Waals surface area contributed by atoms with Gasteiger partial charge in [-0.1, -0.05) is 17.7 Å². The highest BCUT2D eigenvalue weighted by Gasteiger charge is 2.51. The Bertz CT molecular complexity index is 784. The molecule has 3 saturated heterocycles. The van der Waals surface area contributed by atoms with Crippen molar-refractivity contribution in [2.45, 2.75) is 94.7 Å². The monoisotopic (exact) mass is 512 g/mol. The normalized spacial score (nSPS) is 36.1. The third-order valence-electron chi connectivity index (χ3n) is 7.19. The molecule has 1 saturated carbocycles. The molecule has 8 nitrogen and oxygen atoms in total. The van der Waals surface area contributed by atoms with Gasteiger partial charge in [-0.3, -0.25) is 0 Å². The summed E-state index contributed by atoms with van der Waals surface area (Å²) in [5.74, 6) is 0.749. The second kappa shape index (κ2) is 12.5. The summed E-state index contributed by atoms with van der Waals surface area (Å²) >= 11 is 6.11. The first-order valence-electron chi connectivity index (χ1n) is 13.0. The van der Waals surface area contributed by atoms with Gasteiger partial charge >= 0.3 is 0 Å². The molecule has 1 aromatic carbocycles. The summed E-state index contributed by atoms with van der Waals surface area (Å²) in [7, 11) is 0. The fraction of sp³-hybridized carbons (Fsp3) is 0.769. The Kier molecular flexibility index (Phi) is 9.18. The van der Waals surface area contributed by atoms with Crippen molar-refractivity contribution in [3.8, 4) is 5.75 Å². The lowest BCUT2D eigenvalue weighted by Crippen LogP contribution is -2.40. The second-order valence-electron chi connectivity index (χ2n) is 9.86. The Morgan fingerprint density at radius 2 is 1.80 bits per heavy atom. The van der Waals surface area contributed by atoms with Gasteiger partial charge in [0.05, 0.1) is 24.9 Å². The molecule has 0 spiro atoms. The molecule has 0 bridgehead atoms. The molecule has 4 aliphatic rings. The lowest BCUT2D eigenvalue weighted by Gasteiger charge is -2.32. The highest BCUT2D eigenvalue weighted by molar-refractivity contribution is 6.30. The van der Waals surface area contributed by atoms with E-state index in [9.17, 15) is 5.11 Å². The van der Waals surface area contributed by atoms with Gasteiger partial charge in [-0.15, -0.1) is 0 Å². The molecule has 0 amide bonds. The summed E-state index contributed by atoms with van der Waals surface area (Å²) in [6.45, 7) is 2.04. The molecule has 35 heavy (non-hydrogen) atoms. The molecule has 5 rings (SSSR count). The second-order valence-corrected chi connectivity index (χ2v) is 10.3. The molecular weight excluding hydrogens is 476 g/mol. The number of halogens is 1. The van der Waals surface area contributed by atoms with Crippen LogP contribution in [0.2, 0.25) is 5.02 Å². The Hall–Kier alpha value is -0.970. The van der Waals surface area contributed by atoms with E-state index in [1.807, 2.05) is 18.2 Å². The van der Waals surface area contributed by atoms with Gasteiger partial charge in [0.15, 0.2) is 18.9 Å². The zero-order chi connectivity index (χ0) is 24.0. The maximum Gasteiger partial charge on any atom is 0.158 e. The van der Waals surface area contributed by atoms with Crippen molar-refractivity contribution >= 4 is 11.6 Å². The molecule has 1 N–H and O–H groups in total. The number of rotatable bonds is 10. The lowest BCUT2D eigenvalue weighted by atomic mass is 10.0. The SMILES string of the molecule is OC1C[C@H]2[C@H](OCC(COc3cccc(Cl)c3)OC3CCCCO3)[C@@H](OC3CCCCO3)C[C@H]2O1. The van der Waals surface area contributed by atoms with Gasteiger partial charge in [-0.2, -0.15) is 0 Å². The molecular formula is C26H37ClO8. The van der Waals surface area contributed by atoms with E-state index in [2.05, 4.69) is 0 Å². The molecule has 1 aromatic rings. The maximum absolute atomic E-state index is 10.1. The summed E-state index contributed by atoms with van der Waals surface area (Å²) in [5.41, 5.74) is 0. The first-order valence-corrected chi connectivity index (χ1v) is 13.4. The zero-order valence-corrected chi connectivity index (χ0v) is 20.9. The van der Waals surface area contributed by atoms with Gasteiger partial charge in [0.2, 0.25) is 0 Å². The van der Waals surface area contributed by atoms with Crippen molar-refractivity contribution in [2.24, 2.45) is 5.92 Å². The fourth-order valence-corrected chi connectivity index (χ4v) is 5.64. The van der Waals surface area contributed by atoms with Gasteiger partial charge < -0.3 is 38.3 Å². The van der Waals surface area contributed by atoms with Crippen LogP contribution in [-0.4, -0.2) is 74.8 Å². The third kappa shape index (κ3) is 7.08. The summed E-state index contributed by atoms with van der Waals surface area (Å²) < 4.78 is 42.5. The van der Waals surface area contributed by atoms with E-state index in [-0.39, 0.29) is 42.9 Å². The average Bonchev–Trinajstić information content (AvgIpc) is 3.37. The number of hydrogen-bond acceptors (Lipinski definition) is 8. The van der Waals surface area contributed by atoms with Crippen LogP contribution in [0.4, 0.5) is 0 Å². The third-order valence-corrected chi connectivity index (χ3v) is 7.42. The number of aliphatic hydroxyl groups is 1. The highest BCUT2D eigenvalue weighted by Crippen LogP contribution is 2.42. The van der Waals surface area contributed by atoms with Crippen LogP contribution in [0.3, 0.4) is 0 Å². The number of ether oxygens (including phenoxy) is 7. The van der Waals surface area contributed by atoms with E-state index in [1.54, 1.807) is 6.07 Å². The summed E-state index contributed by atoms with van der Waals surface area (Å²) in [4.78, 5) is 0. The lowest BCUT2D eigenvalue weighted by molar-refractivity contribution is -0.227. The maximum atomic E-state index is 10.1. The molecule has 9 heteroatoms. The van der Waals surface area contributed by atoms with Crippen molar-refractivity contribution < 1.29 is 38.3 Å². The van der Waals surface area contributed by atoms with Crippen molar-refractivity contribution in [1.82, 2.24) is 0 Å². The van der Waals surface area contributed by atoms with Gasteiger partial charge in [0.25, 0.3) is 0 Å². The van der Waals surface area contributed by atoms with E-state index in [0.717, 1.165) is 45.1 Å². The average molecular weight is 513 g/mol. The van der Waals surface area contributed by atoms with Crippen LogP contribution < -0.4 is 4.74 Å². The smallest absolute Gasteiger partial charge is 0.158 e. The van der Waals surface area contributed by atoms with Crippen molar-refractivity contribution in [1.29, 1.82) is 0 Å². The zero-order valence-electron chi connectivity index (χ0n) is 20.1. The standard InChI is InChI=1S/C26H37ClO8/c27-17-6-5-7-18(12-17)31-15-19(33-24-8-1-3-10-29-24)16-32-26-20-13-23(28)34-21(20)14-22(26)35-25-9-2-4-11-30-25/h5-7,12,19-26,28H,1-4,8-11,13-16H2/t19?,20-,21-,22+,23?,24?,25?,26+/m1/s1. The Morgan fingerprint density at radius 1 is 1.00 bits per heavy atom. The minimum absolute atomic E-state index is 0.0685. The number of fused-ring (bicyclic) bond motifs is 1. The van der Waals surface area contributed by atoms with Gasteiger partial charge in [-0.05, 0) is 56.7 Å². The van der Waals surface area contributed by atoms with Gasteiger partial charge in [0, 0.05) is 37.0 Å². The Morgan fingerprint density at radius 3 is 2.54 bits per heavy atom. The largest absolute Gasteiger partial charge is 0.491 e. The van der Waals surface area contributed by atoms with Crippen LogP contribution in [0.25, 0.3) is 0 Å². The molecule has 0 radical (unpaired) electrons. The molecule has 3 heterocycles. The first kappa shape index (κ1) is 25.7.